The van der Waals surface area contributed by atoms with Crippen LogP contribution in [0.3, 0.4) is 0 Å². The van der Waals surface area contributed by atoms with E-state index in [9.17, 15) is 14.4 Å². The second-order valence-corrected chi connectivity index (χ2v) is 6.91. The van der Waals surface area contributed by atoms with Crippen LogP contribution in [0.5, 0.6) is 0 Å². The number of rotatable bonds is 5. The number of nitrogens with zero attached hydrogens (tertiary/aromatic N) is 4. The number of hydrogen-bond acceptors (Lipinski definition) is 5. The number of aryl methyl sites for hydroxylation is 3. The third kappa shape index (κ3) is 3.56. The van der Waals surface area contributed by atoms with Gasteiger partial charge in [0.15, 0.2) is 0 Å². The number of fused-ring (bicyclic) bond motifs is 2. The van der Waals surface area contributed by atoms with E-state index in [0.717, 1.165) is 16.6 Å². The molecule has 0 saturated heterocycles. The Morgan fingerprint density at radius 2 is 1.86 bits per heavy atom. The number of aromatic nitrogens is 4. The molecule has 4 rings (SSSR count). The number of ether oxygens (including phenoxy) is 1. The summed E-state index contributed by atoms with van der Waals surface area (Å²) in [6.45, 7) is 2.01. The van der Waals surface area contributed by atoms with Gasteiger partial charge in [0.05, 0.1) is 23.1 Å². The normalized spacial score (nSPS) is 11.2. The van der Waals surface area contributed by atoms with Gasteiger partial charge in [0.2, 0.25) is 0 Å². The standard InChI is InChI=1S/C21H20N4O4/c1-14-7-8-18-22-15(11-19(26)25(18)12-14)13-29-20(27)9-10-24-17-6-4-3-5-16(17)23(2)21(24)28/h3-8,11-12H,9-10,13H2,1-2H3. The van der Waals surface area contributed by atoms with Gasteiger partial charge in [-0.25, -0.2) is 9.78 Å². The van der Waals surface area contributed by atoms with Crippen LogP contribution in [0, 0.1) is 6.92 Å². The molecular weight excluding hydrogens is 372 g/mol. The van der Waals surface area contributed by atoms with E-state index in [-0.39, 0.29) is 30.8 Å². The summed E-state index contributed by atoms with van der Waals surface area (Å²) >= 11 is 0. The Bertz CT molecular complexity index is 1350. The molecule has 148 valence electrons. The largest absolute Gasteiger partial charge is 0.459 e. The molecule has 0 aliphatic rings. The Hall–Kier alpha value is -3.68. The van der Waals surface area contributed by atoms with E-state index in [0.29, 0.717) is 11.3 Å². The molecule has 0 radical (unpaired) electrons. The zero-order valence-corrected chi connectivity index (χ0v) is 16.2. The summed E-state index contributed by atoms with van der Waals surface area (Å²) < 4.78 is 9.82. The molecule has 0 atom stereocenters. The van der Waals surface area contributed by atoms with Crippen LogP contribution in [-0.2, 0) is 29.7 Å². The molecule has 1 aromatic carbocycles. The molecule has 0 saturated carbocycles. The number of carbonyl (C=O) groups excluding carboxylic acids is 1. The molecule has 0 fully saturated rings. The Morgan fingerprint density at radius 3 is 2.66 bits per heavy atom. The first-order valence-corrected chi connectivity index (χ1v) is 9.23. The molecular formula is C21H20N4O4. The van der Waals surface area contributed by atoms with E-state index >= 15 is 0 Å². The minimum atomic E-state index is -0.462. The van der Waals surface area contributed by atoms with Crippen molar-refractivity contribution in [3.63, 3.8) is 0 Å². The maximum atomic E-state index is 12.4. The van der Waals surface area contributed by atoms with Crippen molar-refractivity contribution in [3.05, 3.63) is 80.8 Å². The molecule has 0 N–H and O–H groups in total. The van der Waals surface area contributed by atoms with Crippen molar-refractivity contribution >= 4 is 22.6 Å². The summed E-state index contributed by atoms with van der Waals surface area (Å²) in [5, 5.41) is 0. The fourth-order valence-corrected chi connectivity index (χ4v) is 3.34. The molecule has 4 aromatic rings. The van der Waals surface area contributed by atoms with E-state index < -0.39 is 5.97 Å². The fraction of sp³-hybridized carbons (Fsp3) is 0.238. The maximum Gasteiger partial charge on any atom is 0.328 e. The van der Waals surface area contributed by atoms with E-state index in [4.69, 9.17) is 4.74 Å². The highest BCUT2D eigenvalue weighted by Crippen LogP contribution is 2.12. The molecule has 29 heavy (non-hydrogen) atoms. The first-order chi connectivity index (χ1) is 13.9. The number of benzene rings is 1. The van der Waals surface area contributed by atoms with Gasteiger partial charge in [-0.2, -0.15) is 0 Å². The van der Waals surface area contributed by atoms with Gasteiger partial charge in [0, 0.05) is 25.9 Å². The molecule has 0 aliphatic carbocycles. The van der Waals surface area contributed by atoms with Crippen LogP contribution in [0.15, 0.2) is 58.3 Å². The second-order valence-electron chi connectivity index (χ2n) is 6.91. The third-order valence-corrected chi connectivity index (χ3v) is 4.83. The predicted molar refractivity (Wildman–Crippen MR) is 108 cm³/mol. The SMILES string of the molecule is Cc1ccc2nc(COC(=O)CCn3c(=O)n(C)c4ccccc43)cc(=O)n2c1. The first-order valence-electron chi connectivity index (χ1n) is 9.23. The van der Waals surface area contributed by atoms with Crippen molar-refractivity contribution in [2.24, 2.45) is 7.05 Å². The maximum absolute atomic E-state index is 12.4. The lowest BCUT2D eigenvalue weighted by atomic mass is 10.3. The van der Waals surface area contributed by atoms with Gasteiger partial charge in [-0.15, -0.1) is 0 Å². The van der Waals surface area contributed by atoms with Crippen molar-refractivity contribution in [1.29, 1.82) is 0 Å². The first kappa shape index (κ1) is 18.7. The quantitative estimate of drug-likeness (QED) is 0.483. The molecule has 0 aliphatic heterocycles. The zero-order valence-electron chi connectivity index (χ0n) is 16.2. The zero-order chi connectivity index (χ0) is 20.5. The summed E-state index contributed by atoms with van der Waals surface area (Å²) in [4.78, 5) is 41.1. The highest BCUT2D eigenvalue weighted by molar-refractivity contribution is 5.76. The molecule has 0 unspecified atom stereocenters. The van der Waals surface area contributed by atoms with Gasteiger partial charge in [-0.05, 0) is 30.7 Å². The molecule has 3 aromatic heterocycles. The fourth-order valence-electron chi connectivity index (χ4n) is 3.34. The van der Waals surface area contributed by atoms with Crippen LogP contribution < -0.4 is 11.2 Å². The van der Waals surface area contributed by atoms with E-state index in [1.165, 1.54) is 10.5 Å². The van der Waals surface area contributed by atoms with Crippen LogP contribution in [0.25, 0.3) is 16.7 Å². The van der Waals surface area contributed by atoms with Crippen LogP contribution in [0.1, 0.15) is 17.7 Å². The highest BCUT2D eigenvalue weighted by Gasteiger charge is 2.12. The Kier molecular flexibility index (Phi) is 4.75. The highest BCUT2D eigenvalue weighted by atomic mass is 16.5. The molecule has 3 heterocycles. The lowest BCUT2D eigenvalue weighted by Gasteiger charge is -2.07. The topological polar surface area (TPSA) is 87.6 Å². The van der Waals surface area contributed by atoms with Crippen molar-refractivity contribution in [1.82, 2.24) is 18.5 Å². The Morgan fingerprint density at radius 1 is 1.10 bits per heavy atom. The number of hydrogen-bond donors (Lipinski definition) is 0. The van der Waals surface area contributed by atoms with Crippen LogP contribution in [-0.4, -0.2) is 24.5 Å². The summed E-state index contributed by atoms with van der Waals surface area (Å²) in [7, 11) is 1.70. The Labute approximate surface area is 165 Å². The van der Waals surface area contributed by atoms with Gasteiger partial charge in [0.25, 0.3) is 5.56 Å². The minimum absolute atomic E-state index is 0.0413. The summed E-state index contributed by atoms with van der Waals surface area (Å²) in [5.41, 5.74) is 3.00. The lowest BCUT2D eigenvalue weighted by molar-refractivity contribution is -0.145. The average Bonchev–Trinajstić information content (AvgIpc) is 2.96. The van der Waals surface area contributed by atoms with Crippen molar-refractivity contribution in [3.8, 4) is 0 Å². The van der Waals surface area contributed by atoms with E-state index in [2.05, 4.69) is 4.98 Å². The van der Waals surface area contributed by atoms with Gasteiger partial charge in [-0.3, -0.25) is 23.1 Å². The van der Waals surface area contributed by atoms with Crippen LogP contribution >= 0.6 is 0 Å². The monoisotopic (exact) mass is 392 g/mol. The number of imidazole rings is 1. The van der Waals surface area contributed by atoms with Gasteiger partial charge >= 0.3 is 11.7 Å². The number of para-hydroxylation sites is 2. The van der Waals surface area contributed by atoms with E-state index in [1.807, 2.05) is 37.3 Å². The third-order valence-electron chi connectivity index (χ3n) is 4.83. The van der Waals surface area contributed by atoms with Gasteiger partial charge in [0.1, 0.15) is 12.3 Å². The van der Waals surface area contributed by atoms with E-state index in [1.54, 1.807) is 28.4 Å². The number of esters is 1. The lowest BCUT2D eigenvalue weighted by Crippen LogP contribution is -2.23. The van der Waals surface area contributed by atoms with Gasteiger partial charge < -0.3 is 4.74 Å². The van der Waals surface area contributed by atoms with Crippen LogP contribution in [0.2, 0.25) is 0 Å². The summed E-state index contributed by atoms with van der Waals surface area (Å²) in [5.74, 6) is -0.462. The second kappa shape index (κ2) is 7.38. The van der Waals surface area contributed by atoms with Crippen LogP contribution in [0.4, 0.5) is 0 Å². The van der Waals surface area contributed by atoms with Gasteiger partial charge in [-0.1, -0.05) is 18.2 Å². The van der Waals surface area contributed by atoms with Crippen molar-refractivity contribution in [2.45, 2.75) is 26.5 Å². The number of pyridine rings is 1. The predicted octanol–water partition coefficient (Wildman–Crippen LogP) is 1.79. The molecule has 0 spiro atoms. The molecule has 8 nitrogen and oxygen atoms in total. The summed E-state index contributed by atoms with van der Waals surface area (Å²) in [6.07, 6.45) is 1.75. The molecule has 8 heteroatoms. The molecule has 0 bridgehead atoms. The summed E-state index contributed by atoms with van der Waals surface area (Å²) in [6, 6.07) is 12.4. The minimum Gasteiger partial charge on any atom is -0.459 e. The average molecular weight is 392 g/mol. The van der Waals surface area contributed by atoms with Crippen molar-refractivity contribution < 1.29 is 9.53 Å². The number of carbonyl (C=O) groups is 1. The Balaban J connectivity index is 1.44. The smallest absolute Gasteiger partial charge is 0.328 e. The molecule has 0 amide bonds. The van der Waals surface area contributed by atoms with Crippen molar-refractivity contribution in [2.75, 3.05) is 0 Å².